The minimum absolute atomic E-state index is 0.0819. The van der Waals surface area contributed by atoms with Crippen LogP contribution in [0.3, 0.4) is 0 Å². The molecule has 0 aliphatic rings. The molecule has 2 aromatic carbocycles. The lowest BCUT2D eigenvalue weighted by atomic mass is 9.98. The fourth-order valence-electron chi connectivity index (χ4n) is 3.02. The van der Waals surface area contributed by atoms with Gasteiger partial charge < -0.3 is 15.3 Å². The summed E-state index contributed by atoms with van der Waals surface area (Å²) in [6, 6.07) is 13.8. The summed E-state index contributed by atoms with van der Waals surface area (Å²) in [7, 11) is 0. The highest BCUT2D eigenvalue weighted by atomic mass is 16.3. The van der Waals surface area contributed by atoms with Crippen LogP contribution in [0.5, 0.6) is 0 Å². The molecule has 3 N–H and O–H groups in total. The SMILES string of the molecule is CC(C)(O)CCCCCc1cccc(C#Cc2ccc(CO)c(CO)c2)c1. The van der Waals surface area contributed by atoms with Crippen LogP contribution in [0.15, 0.2) is 42.5 Å². The molecule has 0 fully saturated rings. The Kier molecular flexibility index (Phi) is 8.06. The molecule has 0 bridgehead atoms. The number of unbranched alkanes of at least 4 members (excludes halogenated alkanes) is 2. The van der Waals surface area contributed by atoms with E-state index >= 15 is 0 Å². The minimum Gasteiger partial charge on any atom is -0.392 e. The van der Waals surface area contributed by atoms with E-state index in [4.69, 9.17) is 0 Å². The number of aliphatic hydroxyl groups excluding tert-OH is 2. The van der Waals surface area contributed by atoms with Crippen LogP contribution < -0.4 is 0 Å². The van der Waals surface area contributed by atoms with E-state index in [0.29, 0.717) is 5.56 Å². The lowest BCUT2D eigenvalue weighted by Crippen LogP contribution is -2.17. The zero-order chi connectivity index (χ0) is 19.7. The summed E-state index contributed by atoms with van der Waals surface area (Å²) < 4.78 is 0. The van der Waals surface area contributed by atoms with E-state index in [1.165, 1.54) is 5.56 Å². The molecular formula is C24H30O3. The largest absolute Gasteiger partial charge is 0.392 e. The molecule has 0 aliphatic carbocycles. The summed E-state index contributed by atoms with van der Waals surface area (Å²) in [6.45, 7) is 3.53. The van der Waals surface area contributed by atoms with Gasteiger partial charge in [0.1, 0.15) is 0 Å². The molecule has 144 valence electrons. The van der Waals surface area contributed by atoms with Gasteiger partial charge in [0.15, 0.2) is 0 Å². The summed E-state index contributed by atoms with van der Waals surface area (Å²) in [5, 5.41) is 28.4. The first-order valence-electron chi connectivity index (χ1n) is 9.58. The van der Waals surface area contributed by atoms with Crippen molar-refractivity contribution in [3.63, 3.8) is 0 Å². The Morgan fingerprint density at radius 1 is 0.815 bits per heavy atom. The highest BCUT2D eigenvalue weighted by molar-refractivity contribution is 5.46. The first-order chi connectivity index (χ1) is 12.9. The van der Waals surface area contributed by atoms with Crippen molar-refractivity contribution in [3.8, 4) is 11.8 Å². The summed E-state index contributed by atoms with van der Waals surface area (Å²) in [5.41, 5.74) is 3.95. The molecule has 0 radical (unpaired) electrons. The molecule has 0 aliphatic heterocycles. The number of rotatable bonds is 8. The number of hydrogen-bond acceptors (Lipinski definition) is 3. The van der Waals surface area contributed by atoms with Gasteiger partial charge in [-0.25, -0.2) is 0 Å². The number of aliphatic hydroxyl groups is 3. The van der Waals surface area contributed by atoms with Gasteiger partial charge in [0.2, 0.25) is 0 Å². The molecule has 0 aromatic heterocycles. The average Bonchev–Trinajstić information content (AvgIpc) is 2.65. The van der Waals surface area contributed by atoms with Crippen molar-refractivity contribution in [2.75, 3.05) is 0 Å². The smallest absolute Gasteiger partial charge is 0.0685 e. The van der Waals surface area contributed by atoms with Gasteiger partial charge in [-0.15, -0.1) is 0 Å². The average molecular weight is 367 g/mol. The zero-order valence-corrected chi connectivity index (χ0v) is 16.3. The summed E-state index contributed by atoms with van der Waals surface area (Å²) in [5.74, 6) is 6.32. The van der Waals surface area contributed by atoms with Gasteiger partial charge in [-0.1, -0.05) is 42.9 Å². The molecule has 0 spiro atoms. The number of aryl methyl sites for hydroxylation is 1. The Morgan fingerprint density at radius 2 is 1.52 bits per heavy atom. The molecule has 0 amide bonds. The molecule has 27 heavy (non-hydrogen) atoms. The Bertz CT molecular complexity index is 791. The van der Waals surface area contributed by atoms with Gasteiger partial charge in [-0.2, -0.15) is 0 Å². The first-order valence-corrected chi connectivity index (χ1v) is 9.58. The maximum absolute atomic E-state index is 9.74. The number of benzene rings is 2. The van der Waals surface area contributed by atoms with Crippen LogP contribution in [0, 0.1) is 11.8 Å². The Morgan fingerprint density at radius 3 is 2.19 bits per heavy atom. The molecule has 3 nitrogen and oxygen atoms in total. The van der Waals surface area contributed by atoms with Gasteiger partial charge in [-0.05, 0) is 74.1 Å². The maximum atomic E-state index is 9.74. The molecule has 0 atom stereocenters. The Balaban J connectivity index is 1.95. The molecular weight excluding hydrogens is 336 g/mol. The van der Waals surface area contributed by atoms with Crippen molar-refractivity contribution < 1.29 is 15.3 Å². The quantitative estimate of drug-likeness (QED) is 0.490. The van der Waals surface area contributed by atoms with Crippen molar-refractivity contribution >= 4 is 0 Å². The third-order valence-electron chi connectivity index (χ3n) is 4.58. The van der Waals surface area contributed by atoms with E-state index in [1.54, 1.807) is 6.07 Å². The van der Waals surface area contributed by atoms with Crippen LogP contribution in [-0.2, 0) is 19.6 Å². The van der Waals surface area contributed by atoms with Crippen molar-refractivity contribution in [2.24, 2.45) is 0 Å². The van der Waals surface area contributed by atoms with Crippen LogP contribution in [-0.4, -0.2) is 20.9 Å². The fourth-order valence-corrected chi connectivity index (χ4v) is 3.02. The standard InChI is InChI=1S/C24H30O3/c1-24(2,27)14-5-3-4-7-19-8-6-9-20(15-19)10-11-21-12-13-22(17-25)23(16-21)18-26/h6,8-9,12-13,15-16,25-27H,3-5,7,14,17-18H2,1-2H3. The van der Waals surface area contributed by atoms with Crippen LogP contribution >= 0.6 is 0 Å². The van der Waals surface area contributed by atoms with Crippen LogP contribution in [0.25, 0.3) is 0 Å². The second-order valence-corrected chi connectivity index (χ2v) is 7.62. The molecule has 0 saturated heterocycles. The lowest BCUT2D eigenvalue weighted by molar-refractivity contribution is 0.0681. The third-order valence-corrected chi connectivity index (χ3v) is 4.58. The summed E-state index contributed by atoms with van der Waals surface area (Å²) >= 11 is 0. The number of hydrogen-bond donors (Lipinski definition) is 3. The molecule has 2 aromatic rings. The van der Waals surface area contributed by atoms with E-state index in [-0.39, 0.29) is 13.2 Å². The molecule has 0 unspecified atom stereocenters. The highest BCUT2D eigenvalue weighted by Crippen LogP contribution is 2.16. The van der Waals surface area contributed by atoms with E-state index in [1.807, 2.05) is 38.1 Å². The fraction of sp³-hybridized carbons (Fsp3) is 0.417. The topological polar surface area (TPSA) is 60.7 Å². The predicted octanol–water partition coefficient (Wildman–Crippen LogP) is 3.94. The third kappa shape index (κ3) is 7.56. The van der Waals surface area contributed by atoms with Gasteiger partial charge in [0.25, 0.3) is 0 Å². The molecule has 3 heteroatoms. The van der Waals surface area contributed by atoms with Crippen molar-refractivity contribution in [2.45, 2.75) is 64.8 Å². The van der Waals surface area contributed by atoms with E-state index < -0.39 is 5.60 Å². The Labute approximate surface area is 162 Å². The van der Waals surface area contributed by atoms with E-state index in [9.17, 15) is 15.3 Å². The van der Waals surface area contributed by atoms with E-state index in [0.717, 1.165) is 48.8 Å². The maximum Gasteiger partial charge on any atom is 0.0685 e. The zero-order valence-electron chi connectivity index (χ0n) is 16.3. The highest BCUT2D eigenvalue weighted by Gasteiger charge is 2.10. The second kappa shape index (κ2) is 10.3. The Hall–Kier alpha value is -2.12. The van der Waals surface area contributed by atoms with Crippen molar-refractivity contribution in [1.29, 1.82) is 0 Å². The van der Waals surface area contributed by atoms with Crippen LogP contribution in [0.1, 0.15) is 67.3 Å². The van der Waals surface area contributed by atoms with Gasteiger partial charge in [-0.3, -0.25) is 0 Å². The molecule has 0 saturated carbocycles. The van der Waals surface area contributed by atoms with Gasteiger partial charge in [0, 0.05) is 11.1 Å². The van der Waals surface area contributed by atoms with Crippen LogP contribution in [0.2, 0.25) is 0 Å². The molecule has 2 rings (SSSR count). The lowest BCUT2D eigenvalue weighted by Gasteiger charge is -2.16. The van der Waals surface area contributed by atoms with Crippen molar-refractivity contribution in [1.82, 2.24) is 0 Å². The summed E-state index contributed by atoms with van der Waals surface area (Å²) in [6.07, 6.45) is 5.11. The monoisotopic (exact) mass is 366 g/mol. The van der Waals surface area contributed by atoms with Crippen LogP contribution in [0.4, 0.5) is 0 Å². The van der Waals surface area contributed by atoms with Gasteiger partial charge >= 0.3 is 0 Å². The predicted molar refractivity (Wildman–Crippen MR) is 109 cm³/mol. The minimum atomic E-state index is -0.569. The molecule has 0 heterocycles. The van der Waals surface area contributed by atoms with E-state index in [2.05, 4.69) is 24.0 Å². The summed E-state index contributed by atoms with van der Waals surface area (Å²) in [4.78, 5) is 0. The normalized spacial score (nSPS) is 11.1. The first kappa shape index (κ1) is 21.2. The van der Waals surface area contributed by atoms with Crippen molar-refractivity contribution in [3.05, 3.63) is 70.3 Å². The van der Waals surface area contributed by atoms with Gasteiger partial charge in [0.05, 0.1) is 18.8 Å². The second-order valence-electron chi connectivity index (χ2n) is 7.62.